The SMILES string of the molecule is Cc1cc(=O)c(C(=O)NCCc2nnc3ccccn23)nn1-c1ccccc1[N+](=O)[O-]. The molecule has 11 heteroatoms. The van der Waals surface area contributed by atoms with Gasteiger partial charge in [0.15, 0.2) is 11.3 Å². The third-order valence-corrected chi connectivity index (χ3v) is 4.65. The number of hydrogen-bond donors (Lipinski definition) is 1. The molecule has 0 aliphatic carbocycles. The first-order valence-corrected chi connectivity index (χ1v) is 9.37. The van der Waals surface area contributed by atoms with Crippen molar-refractivity contribution in [3.05, 3.63) is 92.3 Å². The van der Waals surface area contributed by atoms with Crippen LogP contribution < -0.4 is 10.7 Å². The van der Waals surface area contributed by atoms with Gasteiger partial charge in [-0.2, -0.15) is 5.10 Å². The van der Waals surface area contributed by atoms with Crippen molar-refractivity contribution in [2.75, 3.05) is 6.54 Å². The average molecular weight is 419 g/mol. The van der Waals surface area contributed by atoms with Crippen molar-refractivity contribution < 1.29 is 9.72 Å². The Balaban J connectivity index is 1.57. The van der Waals surface area contributed by atoms with E-state index in [0.717, 1.165) is 0 Å². The first-order chi connectivity index (χ1) is 15.0. The summed E-state index contributed by atoms with van der Waals surface area (Å²) in [5.41, 5.74) is 0.107. The molecule has 0 atom stereocenters. The van der Waals surface area contributed by atoms with Gasteiger partial charge in [-0.15, -0.1) is 10.2 Å². The molecule has 0 bridgehead atoms. The van der Waals surface area contributed by atoms with E-state index in [1.54, 1.807) is 17.4 Å². The van der Waals surface area contributed by atoms with E-state index in [1.165, 1.54) is 28.9 Å². The molecule has 31 heavy (non-hydrogen) atoms. The van der Waals surface area contributed by atoms with E-state index in [-0.39, 0.29) is 23.6 Å². The molecule has 0 saturated carbocycles. The number of para-hydroxylation sites is 2. The zero-order valence-corrected chi connectivity index (χ0v) is 16.4. The molecule has 4 rings (SSSR count). The minimum atomic E-state index is -0.675. The fraction of sp³-hybridized carbons (Fsp3) is 0.150. The molecule has 1 N–H and O–H groups in total. The smallest absolute Gasteiger partial charge is 0.294 e. The van der Waals surface area contributed by atoms with Crippen molar-refractivity contribution in [1.82, 2.24) is 29.7 Å². The van der Waals surface area contributed by atoms with Gasteiger partial charge < -0.3 is 5.32 Å². The van der Waals surface area contributed by atoms with Crippen LogP contribution in [0.5, 0.6) is 0 Å². The summed E-state index contributed by atoms with van der Waals surface area (Å²) in [5.74, 6) is -0.0174. The van der Waals surface area contributed by atoms with E-state index in [2.05, 4.69) is 20.6 Å². The van der Waals surface area contributed by atoms with Crippen LogP contribution in [0.2, 0.25) is 0 Å². The number of amides is 1. The summed E-state index contributed by atoms with van der Waals surface area (Å²) in [6.07, 6.45) is 2.21. The summed E-state index contributed by atoms with van der Waals surface area (Å²) in [6, 6.07) is 12.7. The summed E-state index contributed by atoms with van der Waals surface area (Å²) in [4.78, 5) is 35.8. The highest BCUT2D eigenvalue weighted by Crippen LogP contribution is 2.22. The highest BCUT2D eigenvalue weighted by Gasteiger charge is 2.20. The summed E-state index contributed by atoms with van der Waals surface area (Å²) in [7, 11) is 0. The van der Waals surface area contributed by atoms with Crippen LogP contribution in [-0.2, 0) is 6.42 Å². The number of nitro groups is 1. The number of benzene rings is 1. The van der Waals surface area contributed by atoms with Gasteiger partial charge in [-0.25, -0.2) is 4.68 Å². The van der Waals surface area contributed by atoms with Crippen LogP contribution in [0.15, 0.2) is 59.5 Å². The molecular formula is C20H17N7O4. The van der Waals surface area contributed by atoms with Gasteiger partial charge in [0.25, 0.3) is 11.6 Å². The Bertz CT molecular complexity index is 1360. The van der Waals surface area contributed by atoms with E-state index in [1.807, 2.05) is 24.4 Å². The monoisotopic (exact) mass is 419 g/mol. The number of aromatic nitrogens is 5. The van der Waals surface area contributed by atoms with Gasteiger partial charge >= 0.3 is 0 Å². The van der Waals surface area contributed by atoms with E-state index < -0.39 is 16.3 Å². The zero-order chi connectivity index (χ0) is 22.0. The minimum absolute atomic E-state index is 0.161. The number of fused-ring (bicyclic) bond motifs is 1. The Morgan fingerprint density at radius 3 is 2.74 bits per heavy atom. The predicted molar refractivity (Wildman–Crippen MR) is 110 cm³/mol. The van der Waals surface area contributed by atoms with Crippen molar-refractivity contribution in [2.45, 2.75) is 13.3 Å². The maximum absolute atomic E-state index is 12.6. The van der Waals surface area contributed by atoms with Gasteiger partial charge in [0.1, 0.15) is 11.5 Å². The van der Waals surface area contributed by atoms with Crippen LogP contribution in [0.25, 0.3) is 11.3 Å². The molecule has 3 heterocycles. The Kier molecular flexibility index (Phi) is 5.22. The predicted octanol–water partition coefficient (Wildman–Crippen LogP) is 1.46. The lowest BCUT2D eigenvalue weighted by Gasteiger charge is -2.11. The van der Waals surface area contributed by atoms with Crippen LogP contribution in [0.3, 0.4) is 0 Å². The van der Waals surface area contributed by atoms with Gasteiger partial charge in [0.2, 0.25) is 5.43 Å². The van der Waals surface area contributed by atoms with Crippen molar-refractivity contribution in [3.8, 4) is 5.69 Å². The lowest BCUT2D eigenvalue weighted by atomic mass is 10.2. The number of nitro benzene ring substituents is 1. The summed E-state index contributed by atoms with van der Waals surface area (Å²) in [5, 5.41) is 26.2. The van der Waals surface area contributed by atoms with Gasteiger partial charge in [0, 0.05) is 37.0 Å². The number of pyridine rings is 1. The Hall–Kier alpha value is -4.41. The molecule has 0 spiro atoms. The third-order valence-electron chi connectivity index (χ3n) is 4.65. The van der Waals surface area contributed by atoms with Crippen molar-refractivity contribution >= 4 is 17.2 Å². The Morgan fingerprint density at radius 2 is 1.94 bits per heavy atom. The summed E-state index contributed by atoms with van der Waals surface area (Å²) in [6.45, 7) is 1.79. The van der Waals surface area contributed by atoms with Gasteiger partial charge in [-0.05, 0) is 25.1 Å². The van der Waals surface area contributed by atoms with Crippen LogP contribution in [0.1, 0.15) is 22.0 Å². The van der Waals surface area contributed by atoms with Crippen LogP contribution in [0, 0.1) is 17.0 Å². The quantitative estimate of drug-likeness (QED) is 0.369. The van der Waals surface area contributed by atoms with Crippen LogP contribution >= 0.6 is 0 Å². The summed E-state index contributed by atoms with van der Waals surface area (Å²) < 4.78 is 3.03. The molecule has 0 fully saturated rings. The van der Waals surface area contributed by atoms with Crippen LogP contribution in [-0.4, -0.2) is 41.8 Å². The topological polar surface area (TPSA) is 137 Å². The van der Waals surface area contributed by atoms with Crippen molar-refractivity contribution in [1.29, 1.82) is 0 Å². The number of aryl methyl sites for hydroxylation is 1. The summed E-state index contributed by atoms with van der Waals surface area (Å²) >= 11 is 0. The molecule has 1 amide bonds. The molecule has 0 aliphatic rings. The molecule has 11 nitrogen and oxygen atoms in total. The molecular weight excluding hydrogens is 402 g/mol. The number of nitrogens with zero attached hydrogens (tertiary/aromatic N) is 6. The van der Waals surface area contributed by atoms with Crippen molar-refractivity contribution in [3.63, 3.8) is 0 Å². The van der Waals surface area contributed by atoms with E-state index >= 15 is 0 Å². The second kappa shape index (κ2) is 8.14. The molecule has 3 aromatic heterocycles. The molecule has 0 aliphatic heterocycles. The largest absolute Gasteiger partial charge is 0.350 e. The second-order valence-corrected chi connectivity index (χ2v) is 6.71. The van der Waals surface area contributed by atoms with Gasteiger partial charge in [0.05, 0.1) is 4.92 Å². The highest BCUT2D eigenvalue weighted by atomic mass is 16.6. The lowest BCUT2D eigenvalue weighted by molar-refractivity contribution is -0.384. The molecule has 0 saturated heterocycles. The highest BCUT2D eigenvalue weighted by molar-refractivity contribution is 5.92. The number of carbonyl (C=O) groups is 1. The fourth-order valence-corrected chi connectivity index (χ4v) is 3.18. The normalized spacial score (nSPS) is 10.9. The minimum Gasteiger partial charge on any atom is -0.350 e. The first kappa shape index (κ1) is 19.9. The maximum atomic E-state index is 12.6. The fourth-order valence-electron chi connectivity index (χ4n) is 3.18. The maximum Gasteiger partial charge on any atom is 0.294 e. The van der Waals surface area contributed by atoms with Gasteiger partial charge in [-0.1, -0.05) is 18.2 Å². The van der Waals surface area contributed by atoms with Crippen molar-refractivity contribution in [2.24, 2.45) is 0 Å². The average Bonchev–Trinajstić information content (AvgIpc) is 3.17. The number of rotatable bonds is 6. The number of carbonyl (C=O) groups excluding carboxylic acids is 1. The van der Waals surface area contributed by atoms with Gasteiger partial charge in [-0.3, -0.25) is 24.1 Å². The van der Waals surface area contributed by atoms with E-state index in [4.69, 9.17) is 0 Å². The zero-order valence-electron chi connectivity index (χ0n) is 16.4. The molecule has 0 radical (unpaired) electrons. The van der Waals surface area contributed by atoms with E-state index in [0.29, 0.717) is 23.6 Å². The number of hydrogen-bond acceptors (Lipinski definition) is 7. The lowest BCUT2D eigenvalue weighted by Crippen LogP contribution is -2.33. The van der Waals surface area contributed by atoms with E-state index in [9.17, 15) is 19.7 Å². The molecule has 1 aromatic carbocycles. The standard InChI is InChI=1S/C20H17N7O4/c1-13-12-16(28)19(24-26(13)14-6-2-3-7-15(14)27(30)31)20(29)21-10-9-18-23-22-17-8-4-5-11-25(17)18/h2-8,11-12H,9-10H2,1H3,(H,21,29). The Labute approximate surface area is 175 Å². The molecule has 4 aromatic rings. The molecule has 0 unspecified atom stereocenters. The molecule has 156 valence electrons. The first-order valence-electron chi connectivity index (χ1n) is 9.37. The third kappa shape index (κ3) is 3.88. The van der Waals surface area contributed by atoms with Crippen LogP contribution in [0.4, 0.5) is 5.69 Å². The Morgan fingerprint density at radius 1 is 1.16 bits per heavy atom. The second-order valence-electron chi connectivity index (χ2n) is 6.71. The number of nitrogens with one attached hydrogen (secondary N) is 1.